The van der Waals surface area contributed by atoms with Gasteiger partial charge in [-0.05, 0) is 48.3 Å². The Bertz CT molecular complexity index is 1260. The topological polar surface area (TPSA) is 70.8 Å². The minimum atomic E-state index is -0.00471. The Morgan fingerprint density at radius 1 is 0.513 bits per heavy atom. The zero-order valence-corrected chi connectivity index (χ0v) is 23.2. The summed E-state index contributed by atoms with van der Waals surface area (Å²) < 4.78 is 0. The molecule has 0 aliphatic heterocycles. The van der Waals surface area contributed by atoms with Crippen LogP contribution in [0.5, 0.6) is 0 Å². The van der Waals surface area contributed by atoms with Crippen LogP contribution in [0, 0.1) is 0 Å². The smallest absolute Gasteiger partial charge is 0.872 e. The second-order valence-corrected chi connectivity index (χ2v) is 8.64. The number of aliphatic imine (C=N–C) groups is 2. The van der Waals surface area contributed by atoms with Crippen molar-refractivity contribution < 1.29 is 27.0 Å². The van der Waals surface area contributed by atoms with E-state index in [9.17, 15) is 10.2 Å². The molecule has 0 heterocycles. The fraction of sp³-hybridized carbons (Fsp3) is 0.118. The number of nitrogens with zero attached hydrogens (tertiary/aromatic N) is 2. The van der Waals surface area contributed by atoms with Crippen LogP contribution in [-0.2, 0) is 29.9 Å². The van der Waals surface area contributed by atoms with Gasteiger partial charge in [-0.2, -0.15) is 0 Å². The van der Waals surface area contributed by atoms with Gasteiger partial charge in [0.2, 0.25) is 0 Å². The zero-order chi connectivity index (χ0) is 27.0. The molecule has 39 heavy (non-hydrogen) atoms. The molecule has 4 nitrogen and oxygen atoms in total. The first-order valence-electron chi connectivity index (χ1n) is 12.5. The van der Waals surface area contributed by atoms with Gasteiger partial charge < -0.3 is 10.2 Å². The average molecular weight is 560 g/mol. The fourth-order valence-electron chi connectivity index (χ4n) is 3.44. The third-order valence-corrected chi connectivity index (χ3v) is 5.50. The number of allylic oxidation sites excluding steroid dienone is 2. The molecule has 0 amide bonds. The maximum atomic E-state index is 11.9. The summed E-state index contributed by atoms with van der Waals surface area (Å²) in [4.78, 5) is 8.80. The normalized spacial score (nSPS) is 12.2. The number of hydrogen-bond donors (Lipinski definition) is 0. The first-order valence-corrected chi connectivity index (χ1v) is 12.5. The molecule has 0 aromatic heterocycles. The van der Waals surface area contributed by atoms with Gasteiger partial charge in [0.25, 0.3) is 0 Å². The van der Waals surface area contributed by atoms with Gasteiger partial charge in [0.05, 0.1) is 13.1 Å². The minimum Gasteiger partial charge on any atom is -0.872 e. The number of hydrogen-bond acceptors (Lipinski definition) is 4. The second kappa shape index (κ2) is 17.3. The standard InChI is InChI=1S/2C17H17NO.Co/c2*1-14(18-13-15-8-4-2-5-9-15)12-17(19)16-10-6-3-7-11-16;/h2*2-12,19H,13H2,1H3;/q;;+2/p-2/b2*17-12-,18-14?;. The van der Waals surface area contributed by atoms with Crippen LogP contribution in [0.2, 0.25) is 0 Å². The molecule has 5 heteroatoms. The molecule has 0 N–H and O–H groups in total. The zero-order valence-electron chi connectivity index (χ0n) is 22.2. The van der Waals surface area contributed by atoms with E-state index in [-0.39, 0.29) is 28.3 Å². The monoisotopic (exact) mass is 559 g/mol. The molecule has 0 bridgehead atoms. The summed E-state index contributed by atoms with van der Waals surface area (Å²) in [6.45, 7) is 4.91. The molecule has 4 aromatic carbocycles. The van der Waals surface area contributed by atoms with E-state index in [1.165, 1.54) is 0 Å². The first kappa shape index (κ1) is 31.0. The van der Waals surface area contributed by atoms with Crippen molar-refractivity contribution in [3.8, 4) is 0 Å². The molecule has 0 unspecified atom stereocenters. The molecular formula is C34H32CoN2O2. The quantitative estimate of drug-likeness (QED) is 0.194. The van der Waals surface area contributed by atoms with E-state index in [0.717, 1.165) is 22.6 Å². The van der Waals surface area contributed by atoms with Crippen molar-refractivity contribution in [1.29, 1.82) is 0 Å². The van der Waals surface area contributed by atoms with Crippen LogP contribution in [-0.4, -0.2) is 11.4 Å². The Morgan fingerprint density at radius 2 is 0.795 bits per heavy atom. The van der Waals surface area contributed by atoms with Gasteiger partial charge in [-0.1, -0.05) is 133 Å². The molecule has 0 spiro atoms. The van der Waals surface area contributed by atoms with E-state index >= 15 is 0 Å². The summed E-state index contributed by atoms with van der Waals surface area (Å²) in [7, 11) is 0. The molecule has 0 fully saturated rings. The Labute approximate surface area is 242 Å². The summed E-state index contributed by atoms with van der Waals surface area (Å²) in [5, 5.41) is 23.9. The van der Waals surface area contributed by atoms with Crippen molar-refractivity contribution in [2.24, 2.45) is 9.98 Å². The van der Waals surface area contributed by atoms with Crippen LogP contribution in [0.4, 0.5) is 0 Å². The first-order chi connectivity index (χ1) is 18.5. The van der Waals surface area contributed by atoms with Gasteiger partial charge in [0.15, 0.2) is 0 Å². The summed E-state index contributed by atoms with van der Waals surface area (Å²) in [6, 6.07) is 38.5. The third kappa shape index (κ3) is 11.8. The molecule has 0 aliphatic rings. The third-order valence-electron chi connectivity index (χ3n) is 5.50. The van der Waals surface area contributed by atoms with Gasteiger partial charge >= 0.3 is 16.8 Å². The average Bonchev–Trinajstić information content (AvgIpc) is 2.97. The predicted octanol–water partition coefficient (Wildman–Crippen LogP) is 6.10. The molecule has 0 saturated heterocycles. The van der Waals surface area contributed by atoms with E-state index in [1.54, 1.807) is 12.2 Å². The largest absolute Gasteiger partial charge is 2.00 e. The number of rotatable bonds is 8. The minimum absolute atomic E-state index is 0. The Morgan fingerprint density at radius 3 is 1.10 bits per heavy atom. The second-order valence-electron chi connectivity index (χ2n) is 8.64. The van der Waals surface area contributed by atoms with Crippen molar-refractivity contribution in [2.75, 3.05) is 0 Å². The Kier molecular flexibility index (Phi) is 13.8. The van der Waals surface area contributed by atoms with Crippen molar-refractivity contribution in [2.45, 2.75) is 26.9 Å². The van der Waals surface area contributed by atoms with Crippen molar-refractivity contribution in [3.63, 3.8) is 0 Å². The molecule has 4 aromatic rings. The molecule has 199 valence electrons. The van der Waals surface area contributed by atoms with Crippen molar-refractivity contribution in [3.05, 3.63) is 156 Å². The van der Waals surface area contributed by atoms with Gasteiger partial charge in [0.1, 0.15) is 0 Å². The van der Waals surface area contributed by atoms with Crippen molar-refractivity contribution >= 4 is 22.9 Å². The van der Waals surface area contributed by atoms with E-state index in [0.29, 0.717) is 24.2 Å². The van der Waals surface area contributed by atoms with Crippen LogP contribution in [0.15, 0.2) is 143 Å². The summed E-state index contributed by atoms with van der Waals surface area (Å²) in [5.74, 6) is -0.00942. The summed E-state index contributed by atoms with van der Waals surface area (Å²) in [5.41, 5.74) is 5.16. The van der Waals surface area contributed by atoms with Crippen LogP contribution in [0.25, 0.3) is 11.5 Å². The van der Waals surface area contributed by atoms with E-state index in [1.807, 2.05) is 135 Å². The SMILES string of the molecule is CC(/C=C(\[O-])c1ccccc1)=NCc1ccccc1.CC(/C=C(\[O-])c1ccccc1)=NCc1ccccc1.[Co+2]. The molecule has 4 rings (SSSR count). The van der Waals surface area contributed by atoms with Gasteiger partial charge in [-0.15, -0.1) is 0 Å². The van der Waals surface area contributed by atoms with Gasteiger partial charge in [-0.25, -0.2) is 0 Å². The molecule has 0 aliphatic carbocycles. The van der Waals surface area contributed by atoms with Crippen LogP contribution in [0.3, 0.4) is 0 Å². The van der Waals surface area contributed by atoms with E-state index in [4.69, 9.17) is 0 Å². The summed E-state index contributed by atoms with van der Waals surface area (Å²) in [6.07, 6.45) is 3.16. The van der Waals surface area contributed by atoms with Crippen molar-refractivity contribution in [1.82, 2.24) is 0 Å². The molecule has 1 radical (unpaired) electrons. The maximum absolute atomic E-state index is 11.9. The van der Waals surface area contributed by atoms with Crippen LogP contribution in [0.1, 0.15) is 36.1 Å². The predicted molar refractivity (Wildman–Crippen MR) is 155 cm³/mol. The Hall–Kier alpha value is -4.19. The van der Waals surface area contributed by atoms with E-state index in [2.05, 4.69) is 9.98 Å². The Balaban J connectivity index is 0.000000267. The van der Waals surface area contributed by atoms with Gasteiger partial charge in [-0.3, -0.25) is 9.98 Å². The maximum Gasteiger partial charge on any atom is 2.00 e. The van der Waals surface area contributed by atoms with Crippen LogP contribution < -0.4 is 10.2 Å². The van der Waals surface area contributed by atoms with Crippen LogP contribution >= 0.6 is 0 Å². The van der Waals surface area contributed by atoms with E-state index < -0.39 is 0 Å². The van der Waals surface area contributed by atoms with Gasteiger partial charge in [0, 0.05) is 11.4 Å². The molecule has 0 saturated carbocycles. The fourth-order valence-corrected chi connectivity index (χ4v) is 3.44. The molecule has 0 atom stereocenters. The molecular weight excluding hydrogens is 527 g/mol. The summed E-state index contributed by atoms with van der Waals surface area (Å²) >= 11 is 0. The number of benzene rings is 4.